The van der Waals surface area contributed by atoms with Crippen LogP contribution in [0.25, 0.3) is 0 Å². The number of anilines is 1. The molecule has 5 heteroatoms. The summed E-state index contributed by atoms with van der Waals surface area (Å²) in [6.07, 6.45) is 2.42. The third-order valence-electron chi connectivity index (χ3n) is 4.17. The Morgan fingerprint density at radius 3 is 2.95 bits per heavy atom. The molecular weight excluding hydrogens is 283 g/mol. The number of carboxylic acids is 1. The molecule has 0 radical (unpaired) electrons. The summed E-state index contributed by atoms with van der Waals surface area (Å²) in [4.78, 5) is 14.7. The Morgan fingerprint density at radius 2 is 2.27 bits per heavy atom. The number of benzene rings is 1. The molecule has 0 amide bonds. The molecule has 0 aliphatic carbocycles. The average Bonchev–Trinajstić information content (AvgIpc) is 2.47. The van der Waals surface area contributed by atoms with Crippen molar-refractivity contribution in [3.63, 3.8) is 0 Å². The first kappa shape index (κ1) is 16.7. The van der Waals surface area contributed by atoms with Crippen molar-refractivity contribution in [2.75, 3.05) is 31.6 Å². The minimum absolute atomic E-state index is 0.119. The van der Waals surface area contributed by atoms with Gasteiger partial charge in [0.05, 0.1) is 12.1 Å². The molecule has 0 aromatic heterocycles. The third kappa shape index (κ3) is 4.70. The van der Waals surface area contributed by atoms with Crippen LogP contribution in [0.5, 0.6) is 0 Å². The van der Waals surface area contributed by atoms with Crippen molar-refractivity contribution < 1.29 is 14.3 Å². The molecule has 122 valence electrons. The van der Waals surface area contributed by atoms with Crippen LogP contribution in [0.15, 0.2) is 18.2 Å². The van der Waals surface area contributed by atoms with Gasteiger partial charge in [0.25, 0.3) is 0 Å². The Bertz CT molecular complexity index is 521. The molecule has 1 aromatic rings. The lowest BCUT2D eigenvalue weighted by Crippen LogP contribution is -2.35. The summed E-state index contributed by atoms with van der Waals surface area (Å²) in [5, 5.41) is 8.72. The number of hydrogen-bond acceptors (Lipinski definition) is 3. The van der Waals surface area contributed by atoms with Gasteiger partial charge in [0, 0.05) is 26.2 Å². The minimum atomic E-state index is -0.797. The molecule has 4 nitrogen and oxygen atoms in total. The molecule has 1 unspecified atom stereocenters. The highest BCUT2D eigenvalue weighted by Crippen LogP contribution is 2.26. The fraction of sp³-hybridized carbons (Fsp3) is 0.588. The molecule has 0 saturated carbocycles. The van der Waals surface area contributed by atoms with Gasteiger partial charge < -0.3 is 14.9 Å². The second-order valence-corrected chi connectivity index (χ2v) is 6.36. The third-order valence-corrected chi connectivity index (χ3v) is 4.17. The van der Waals surface area contributed by atoms with E-state index in [4.69, 9.17) is 5.11 Å². The van der Waals surface area contributed by atoms with E-state index in [0.29, 0.717) is 24.7 Å². The Morgan fingerprint density at radius 1 is 1.50 bits per heavy atom. The maximum absolute atomic E-state index is 14.1. The van der Waals surface area contributed by atoms with Gasteiger partial charge in [-0.15, -0.1) is 0 Å². The fourth-order valence-corrected chi connectivity index (χ4v) is 2.98. The van der Waals surface area contributed by atoms with E-state index >= 15 is 0 Å². The zero-order valence-electron chi connectivity index (χ0n) is 13.4. The molecular formula is C17H25FN2O2. The van der Waals surface area contributed by atoms with Crippen LogP contribution in [0.1, 0.15) is 31.7 Å². The van der Waals surface area contributed by atoms with Crippen LogP contribution in [-0.2, 0) is 11.3 Å². The molecule has 1 heterocycles. The molecule has 1 aliphatic rings. The Hall–Kier alpha value is -1.62. The molecule has 0 bridgehead atoms. The summed E-state index contributed by atoms with van der Waals surface area (Å²) in [5.41, 5.74) is 1.69. The Labute approximate surface area is 131 Å². The minimum Gasteiger partial charge on any atom is -0.481 e. The topological polar surface area (TPSA) is 43.8 Å². The van der Waals surface area contributed by atoms with E-state index < -0.39 is 5.97 Å². The smallest absolute Gasteiger partial charge is 0.304 e. The van der Waals surface area contributed by atoms with Gasteiger partial charge in [0.1, 0.15) is 5.82 Å². The van der Waals surface area contributed by atoms with Crippen LogP contribution >= 0.6 is 0 Å². The highest BCUT2D eigenvalue weighted by Gasteiger charge is 2.19. The molecule has 1 saturated heterocycles. The lowest BCUT2D eigenvalue weighted by atomic mass is 9.99. The highest BCUT2D eigenvalue weighted by atomic mass is 19.1. The van der Waals surface area contributed by atoms with Gasteiger partial charge in [-0.25, -0.2) is 4.39 Å². The first-order chi connectivity index (χ1) is 10.5. The Kier molecular flexibility index (Phi) is 5.77. The van der Waals surface area contributed by atoms with Crippen molar-refractivity contribution in [2.24, 2.45) is 5.92 Å². The van der Waals surface area contributed by atoms with Gasteiger partial charge in [0.2, 0.25) is 0 Å². The number of hydrogen-bond donors (Lipinski definition) is 1. The summed E-state index contributed by atoms with van der Waals surface area (Å²) in [6, 6.07) is 5.21. The van der Waals surface area contributed by atoms with Gasteiger partial charge >= 0.3 is 5.97 Å². The number of nitrogens with zero attached hydrogens (tertiary/aromatic N) is 2. The second kappa shape index (κ2) is 7.58. The van der Waals surface area contributed by atoms with Gasteiger partial charge in [-0.05, 0) is 43.5 Å². The van der Waals surface area contributed by atoms with Crippen molar-refractivity contribution in [2.45, 2.75) is 32.7 Å². The van der Waals surface area contributed by atoms with E-state index in [1.807, 2.05) is 18.0 Å². The molecule has 1 aliphatic heterocycles. The number of halogens is 1. The lowest BCUT2D eigenvalue weighted by molar-refractivity contribution is -0.137. The van der Waals surface area contributed by atoms with Crippen molar-refractivity contribution in [3.05, 3.63) is 29.6 Å². The van der Waals surface area contributed by atoms with Crippen molar-refractivity contribution in [3.8, 4) is 0 Å². The van der Waals surface area contributed by atoms with Crippen LogP contribution in [0.2, 0.25) is 0 Å². The first-order valence-corrected chi connectivity index (χ1v) is 7.89. The van der Waals surface area contributed by atoms with Gasteiger partial charge in [-0.1, -0.05) is 13.0 Å². The van der Waals surface area contributed by atoms with E-state index in [-0.39, 0.29) is 12.2 Å². The van der Waals surface area contributed by atoms with Gasteiger partial charge in [0.15, 0.2) is 0 Å². The van der Waals surface area contributed by atoms with Gasteiger partial charge in [-0.3, -0.25) is 4.79 Å². The molecule has 2 rings (SSSR count). The SMILES string of the molecule is CC1CCCN(c2cc(CN(C)CCC(=O)O)ccc2F)C1. The fourth-order valence-electron chi connectivity index (χ4n) is 2.98. The molecule has 0 spiro atoms. The van der Waals surface area contributed by atoms with E-state index in [1.165, 1.54) is 12.5 Å². The molecule has 22 heavy (non-hydrogen) atoms. The molecule has 1 N–H and O–H groups in total. The molecule has 1 aromatic carbocycles. The zero-order chi connectivity index (χ0) is 16.1. The van der Waals surface area contributed by atoms with Crippen LogP contribution in [0.3, 0.4) is 0 Å². The second-order valence-electron chi connectivity index (χ2n) is 6.36. The predicted molar refractivity (Wildman–Crippen MR) is 85.6 cm³/mol. The van der Waals surface area contributed by atoms with E-state index in [2.05, 4.69) is 11.8 Å². The largest absolute Gasteiger partial charge is 0.481 e. The number of carboxylic acid groups (broad SMARTS) is 1. The van der Waals surface area contributed by atoms with E-state index in [9.17, 15) is 9.18 Å². The first-order valence-electron chi connectivity index (χ1n) is 7.89. The summed E-state index contributed by atoms with van der Waals surface area (Å²) in [7, 11) is 1.88. The van der Waals surface area contributed by atoms with Crippen molar-refractivity contribution in [1.82, 2.24) is 4.90 Å². The average molecular weight is 308 g/mol. The quantitative estimate of drug-likeness (QED) is 0.877. The van der Waals surface area contributed by atoms with E-state index in [1.54, 1.807) is 6.07 Å². The summed E-state index contributed by atoms with van der Waals surface area (Å²) < 4.78 is 14.1. The van der Waals surface area contributed by atoms with Crippen molar-refractivity contribution in [1.29, 1.82) is 0 Å². The number of carbonyl (C=O) groups is 1. The summed E-state index contributed by atoms with van der Waals surface area (Å²) >= 11 is 0. The summed E-state index contributed by atoms with van der Waals surface area (Å²) in [5.74, 6) is -0.380. The van der Waals surface area contributed by atoms with Crippen LogP contribution < -0.4 is 4.90 Å². The maximum Gasteiger partial charge on any atom is 0.304 e. The van der Waals surface area contributed by atoms with Crippen LogP contribution in [0.4, 0.5) is 10.1 Å². The van der Waals surface area contributed by atoms with Crippen LogP contribution in [0, 0.1) is 11.7 Å². The maximum atomic E-state index is 14.1. The predicted octanol–water partition coefficient (Wildman–Crippen LogP) is 2.97. The van der Waals surface area contributed by atoms with Crippen molar-refractivity contribution >= 4 is 11.7 Å². The lowest BCUT2D eigenvalue weighted by Gasteiger charge is -2.33. The number of rotatable bonds is 6. The van der Waals surface area contributed by atoms with Crippen LogP contribution in [-0.4, -0.2) is 42.7 Å². The zero-order valence-corrected chi connectivity index (χ0v) is 13.4. The standard InChI is InChI=1S/C17H25FN2O2/c1-13-4-3-8-20(11-13)16-10-14(5-6-15(16)18)12-19(2)9-7-17(21)22/h5-6,10,13H,3-4,7-9,11-12H2,1-2H3,(H,21,22). The highest BCUT2D eigenvalue weighted by molar-refractivity contribution is 5.66. The monoisotopic (exact) mass is 308 g/mol. The normalized spacial score (nSPS) is 18.7. The number of aliphatic carboxylic acids is 1. The molecule has 1 atom stereocenters. The Balaban J connectivity index is 2.04. The number of piperidine rings is 1. The molecule has 1 fully saturated rings. The summed E-state index contributed by atoms with van der Waals surface area (Å²) in [6.45, 7) is 5.12. The van der Waals surface area contributed by atoms with E-state index in [0.717, 1.165) is 25.1 Å². The van der Waals surface area contributed by atoms with Gasteiger partial charge in [-0.2, -0.15) is 0 Å².